The first-order chi connectivity index (χ1) is 30.6. The maximum atomic E-state index is 13.9. The Morgan fingerprint density at radius 1 is 0.500 bits per heavy atom. The zero-order valence-electron chi connectivity index (χ0n) is 36.1. The van der Waals surface area contributed by atoms with Crippen LogP contribution in [-0.2, 0) is 24.5 Å². The molecule has 15 heteroatoms. The summed E-state index contributed by atoms with van der Waals surface area (Å²) in [4.78, 5) is 49.8. The number of piperazine rings is 2. The van der Waals surface area contributed by atoms with E-state index in [2.05, 4.69) is 9.80 Å². The summed E-state index contributed by atoms with van der Waals surface area (Å²) in [6.45, 7) is 8.25. The normalized spacial score (nSPS) is 15.8. The zero-order chi connectivity index (χ0) is 45.3. The van der Waals surface area contributed by atoms with Crippen molar-refractivity contribution in [2.45, 2.75) is 35.5 Å². The Bertz CT molecular complexity index is 2690. The number of amides is 2. The smallest absolute Gasteiger partial charge is 0.254 e. The maximum absolute atomic E-state index is 13.9. The van der Waals surface area contributed by atoms with E-state index in [9.17, 15) is 31.2 Å². The summed E-state index contributed by atoms with van der Waals surface area (Å²) in [6, 6.07) is 29.6. The predicted molar refractivity (Wildman–Crippen MR) is 257 cm³/mol. The van der Waals surface area contributed by atoms with Crippen LogP contribution in [0.15, 0.2) is 128 Å². The molecule has 2 unspecified atom stereocenters. The molecule has 2 aliphatic rings. The number of rotatable bonds is 12. The fraction of sp³-hybridized carbons (Fsp3) is 0.286. The molecule has 2 fully saturated rings. The lowest BCUT2D eigenvalue weighted by Gasteiger charge is -2.36. The highest BCUT2D eigenvalue weighted by atomic mass is 32.2. The quantitative estimate of drug-likeness (QED) is 0.119. The Hall–Kier alpha value is -5.61. The summed E-state index contributed by atoms with van der Waals surface area (Å²) < 4.78 is 49.5. The standard InChI is InChI=1S/C49H50N4O7S4/c1-33(35-5-9-39(10-6-35)50-19-23-52(24-20-50)48(55)45-29-41(63(3,57)58)13-15-43(45)37-17-27-61-31-37)47(54)34(2)36-7-11-40(12-8-36)51-21-25-53(26-22-51)49(56)46-30-42(64(4,59)60)14-16-44(46)38-18-28-62-32-38/h5-18,27-34H,19-26H2,1-4H3. The largest absolute Gasteiger partial charge is 0.368 e. The molecular weight excluding hydrogens is 885 g/mol. The van der Waals surface area contributed by atoms with Gasteiger partial charge >= 0.3 is 0 Å². The molecule has 11 nitrogen and oxygen atoms in total. The van der Waals surface area contributed by atoms with Gasteiger partial charge in [0.05, 0.1) is 9.79 Å². The number of nitrogens with zero attached hydrogens (tertiary/aromatic N) is 4. The molecule has 4 heterocycles. The van der Waals surface area contributed by atoms with Crippen molar-refractivity contribution in [1.82, 2.24) is 9.80 Å². The first-order valence-corrected chi connectivity index (χ1v) is 26.8. The van der Waals surface area contributed by atoms with Gasteiger partial charge in [0.1, 0.15) is 5.78 Å². The number of sulfone groups is 2. The fourth-order valence-electron chi connectivity index (χ4n) is 8.53. The van der Waals surface area contributed by atoms with Gasteiger partial charge in [0.2, 0.25) is 0 Å². The summed E-state index contributed by atoms with van der Waals surface area (Å²) in [5.41, 5.74) is 7.83. The molecule has 4 aromatic carbocycles. The van der Waals surface area contributed by atoms with Gasteiger partial charge in [0.15, 0.2) is 19.7 Å². The van der Waals surface area contributed by atoms with Crippen molar-refractivity contribution in [3.8, 4) is 22.3 Å². The lowest BCUT2D eigenvalue weighted by molar-refractivity contribution is -0.121. The van der Waals surface area contributed by atoms with Crippen LogP contribution in [0.2, 0.25) is 0 Å². The summed E-state index contributed by atoms with van der Waals surface area (Å²) in [5, 5.41) is 7.77. The van der Waals surface area contributed by atoms with E-state index < -0.39 is 19.7 Å². The molecule has 0 aliphatic carbocycles. The van der Waals surface area contributed by atoms with Gasteiger partial charge in [-0.1, -0.05) is 50.2 Å². The van der Waals surface area contributed by atoms with E-state index in [0.29, 0.717) is 63.5 Å². The van der Waals surface area contributed by atoms with Crippen LogP contribution in [0.3, 0.4) is 0 Å². The lowest BCUT2D eigenvalue weighted by Crippen LogP contribution is -2.49. The fourth-order valence-corrected chi connectivity index (χ4v) is 11.1. The maximum Gasteiger partial charge on any atom is 0.254 e. The number of ketones is 1. The molecule has 2 aromatic heterocycles. The second-order valence-corrected chi connectivity index (χ2v) is 22.2. The number of carbonyl (C=O) groups is 3. The third-order valence-electron chi connectivity index (χ3n) is 12.5. The Morgan fingerprint density at radius 2 is 0.859 bits per heavy atom. The van der Waals surface area contributed by atoms with E-state index in [4.69, 9.17) is 0 Å². The molecule has 6 aromatic rings. The van der Waals surface area contributed by atoms with Crippen molar-refractivity contribution in [3.05, 3.63) is 141 Å². The molecule has 0 radical (unpaired) electrons. The molecule has 2 aliphatic heterocycles. The molecular formula is C49H50N4O7S4. The summed E-state index contributed by atoms with van der Waals surface area (Å²) in [6.07, 6.45) is 2.30. The minimum atomic E-state index is -3.50. The minimum Gasteiger partial charge on any atom is -0.368 e. The van der Waals surface area contributed by atoms with E-state index >= 15 is 0 Å². The first-order valence-electron chi connectivity index (χ1n) is 21.1. The average molecular weight is 935 g/mol. The second-order valence-electron chi connectivity index (χ2n) is 16.6. The number of carbonyl (C=O) groups excluding carboxylic acids is 3. The van der Waals surface area contributed by atoms with Crippen molar-refractivity contribution < 1.29 is 31.2 Å². The van der Waals surface area contributed by atoms with Gasteiger partial charge in [-0.3, -0.25) is 14.4 Å². The first kappa shape index (κ1) is 45.0. The molecule has 8 rings (SSSR count). The highest BCUT2D eigenvalue weighted by Gasteiger charge is 2.29. The van der Waals surface area contributed by atoms with Crippen molar-refractivity contribution in [1.29, 1.82) is 0 Å². The molecule has 2 amide bonds. The Labute approximate surface area is 383 Å². The van der Waals surface area contributed by atoms with Gasteiger partial charge in [0.25, 0.3) is 11.8 Å². The molecule has 0 bridgehead atoms. The van der Waals surface area contributed by atoms with Gasteiger partial charge < -0.3 is 19.6 Å². The summed E-state index contributed by atoms with van der Waals surface area (Å²) in [7, 11) is -7.00. The summed E-state index contributed by atoms with van der Waals surface area (Å²) in [5.74, 6) is -0.926. The second kappa shape index (κ2) is 18.5. The van der Waals surface area contributed by atoms with Crippen LogP contribution in [0.25, 0.3) is 22.3 Å². The van der Waals surface area contributed by atoms with Crippen molar-refractivity contribution >= 4 is 71.3 Å². The Morgan fingerprint density at radius 3 is 1.17 bits per heavy atom. The average Bonchev–Trinajstić information content (AvgIpc) is 4.06. The zero-order valence-corrected chi connectivity index (χ0v) is 39.4. The third-order valence-corrected chi connectivity index (χ3v) is 16.1. The number of benzene rings is 4. The van der Waals surface area contributed by atoms with Crippen LogP contribution >= 0.6 is 22.7 Å². The van der Waals surface area contributed by atoms with Crippen LogP contribution in [-0.4, -0.2) is 109 Å². The van der Waals surface area contributed by atoms with Crippen LogP contribution in [0.4, 0.5) is 11.4 Å². The molecule has 0 saturated carbocycles. The monoisotopic (exact) mass is 934 g/mol. The van der Waals surface area contributed by atoms with Gasteiger partial charge in [-0.05, 0) is 116 Å². The van der Waals surface area contributed by atoms with Crippen molar-refractivity contribution in [2.75, 3.05) is 74.7 Å². The van der Waals surface area contributed by atoms with E-state index in [1.807, 2.05) is 96.0 Å². The lowest BCUT2D eigenvalue weighted by atomic mass is 9.85. The van der Waals surface area contributed by atoms with Crippen molar-refractivity contribution in [2.24, 2.45) is 0 Å². The van der Waals surface area contributed by atoms with Gasteiger partial charge in [-0.15, -0.1) is 0 Å². The van der Waals surface area contributed by atoms with E-state index in [0.717, 1.165) is 57.3 Å². The van der Waals surface area contributed by atoms with Crippen molar-refractivity contribution in [3.63, 3.8) is 0 Å². The summed E-state index contributed by atoms with van der Waals surface area (Å²) >= 11 is 3.04. The topological polar surface area (TPSA) is 132 Å². The van der Waals surface area contributed by atoms with Crippen LogP contribution < -0.4 is 9.80 Å². The number of hydrogen-bond acceptors (Lipinski definition) is 11. The molecule has 64 heavy (non-hydrogen) atoms. The highest BCUT2D eigenvalue weighted by Crippen LogP contribution is 2.33. The molecule has 0 spiro atoms. The highest BCUT2D eigenvalue weighted by molar-refractivity contribution is 7.91. The van der Waals surface area contributed by atoms with Gasteiger partial charge in [-0.25, -0.2) is 16.8 Å². The van der Waals surface area contributed by atoms with E-state index in [-0.39, 0.29) is 39.2 Å². The molecule has 2 atom stereocenters. The number of anilines is 2. The van der Waals surface area contributed by atoms with E-state index in [1.54, 1.807) is 34.1 Å². The predicted octanol–water partition coefficient (Wildman–Crippen LogP) is 8.35. The number of thiophene rings is 2. The SMILES string of the molecule is CC(C(=O)C(C)c1ccc(N2CCN(C(=O)c3cc(S(C)(=O)=O)ccc3-c3ccsc3)CC2)cc1)c1ccc(N2CCN(C(=O)c3cc(S(C)(=O)=O)ccc3-c3ccsc3)CC2)cc1. The van der Waals surface area contributed by atoms with Crippen LogP contribution in [0.5, 0.6) is 0 Å². The van der Waals surface area contributed by atoms with Crippen LogP contribution in [0.1, 0.15) is 57.5 Å². The van der Waals surface area contributed by atoms with E-state index in [1.165, 1.54) is 34.8 Å². The number of Topliss-reactive ketones (excluding diaryl/α,β-unsaturated/α-hetero) is 1. The Balaban J connectivity index is 0.853. The number of hydrogen-bond donors (Lipinski definition) is 0. The van der Waals surface area contributed by atoms with Crippen LogP contribution in [0, 0.1) is 0 Å². The third kappa shape index (κ3) is 9.58. The minimum absolute atomic E-state index is 0.114. The van der Waals surface area contributed by atoms with Gasteiger partial charge in [-0.2, -0.15) is 22.7 Å². The molecule has 0 N–H and O–H groups in total. The molecule has 332 valence electrons. The molecule has 2 saturated heterocycles. The Kier molecular flexibility index (Phi) is 13.0. The van der Waals surface area contributed by atoms with Gasteiger partial charge in [0, 0.05) is 99.2 Å².